The molecule has 3 aromatic heterocycles. The van der Waals surface area contributed by atoms with Crippen LogP contribution in [-0.4, -0.2) is 15.5 Å². The molecule has 0 aliphatic carbocycles. The van der Waals surface area contributed by atoms with E-state index in [4.69, 9.17) is 0 Å². The molecular weight excluding hydrogens is 258 g/mol. The van der Waals surface area contributed by atoms with Gasteiger partial charge >= 0.3 is 0 Å². The van der Waals surface area contributed by atoms with E-state index in [-0.39, 0.29) is 5.91 Å². The third kappa shape index (κ3) is 2.02. The monoisotopic (exact) mass is 271 g/mol. The van der Waals surface area contributed by atoms with Crippen molar-refractivity contribution >= 4 is 33.3 Å². The number of hydrogen-bond acceptors (Lipinski definition) is 3. The summed E-state index contributed by atoms with van der Waals surface area (Å²) < 4.78 is 3.02. The Kier molecular flexibility index (Phi) is 2.83. The fourth-order valence-electron chi connectivity index (χ4n) is 2.06. The predicted octanol–water partition coefficient (Wildman–Crippen LogP) is 3.20. The number of nitrogens with zero attached hydrogens (tertiary/aromatic N) is 2. The standard InChI is InChI=1S/C14H13N3OS/c1-9-4-3-6-15-13(9)16-14(18)11-8-12-10(17(11)2)5-7-19-12/h3-8H,1-2H3,(H,15,16,18). The van der Waals surface area contributed by atoms with Crippen LogP contribution in [0.3, 0.4) is 0 Å². The first-order valence-corrected chi connectivity index (χ1v) is 6.80. The fourth-order valence-corrected chi connectivity index (χ4v) is 2.91. The molecule has 19 heavy (non-hydrogen) atoms. The number of thiophene rings is 1. The Morgan fingerprint density at radius 2 is 2.26 bits per heavy atom. The topological polar surface area (TPSA) is 46.9 Å². The van der Waals surface area contributed by atoms with Gasteiger partial charge in [-0.3, -0.25) is 4.79 Å². The van der Waals surface area contributed by atoms with E-state index in [0.29, 0.717) is 11.5 Å². The second-order valence-corrected chi connectivity index (χ2v) is 5.33. The van der Waals surface area contributed by atoms with Crippen molar-refractivity contribution in [3.05, 3.63) is 47.1 Å². The van der Waals surface area contributed by atoms with Crippen molar-refractivity contribution in [2.45, 2.75) is 6.92 Å². The third-order valence-corrected chi connectivity index (χ3v) is 3.99. The minimum absolute atomic E-state index is 0.132. The van der Waals surface area contributed by atoms with Crippen LogP contribution in [0.5, 0.6) is 0 Å². The summed E-state index contributed by atoms with van der Waals surface area (Å²) in [5, 5.41) is 4.87. The van der Waals surface area contributed by atoms with Crippen LogP contribution in [0.4, 0.5) is 5.82 Å². The van der Waals surface area contributed by atoms with Gasteiger partial charge in [-0.1, -0.05) is 6.07 Å². The Balaban J connectivity index is 1.94. The van der Waals surface area contributed by atoms with Gasteiger partial charge in [0.2, 0.25) is 0 Å². The Morgan fingerprint density at radius 1 is 1.42 bits per heavy atom. The molecule has 0 aromatic carbocycles. The van der Waals surface area contributed by atoms with E-state index in [1.165, 1.54) is 0 Å². The first kappa shape index (κ1) is 11.9. The number of pyridine rings is 1. The molecule has 0 aliphatic heterocycles. The number of carbonyl (C=O) groups is 1. The van der Waals surface area contributed by atoms with Crippen LogP contribution >= 0.6 is 11.3 Å². The molecule has 0 spiro atoms. The largest absolute Gasteiger partial charge is 0.339 e. The molecule has 0 unspecified atom stereocenters. The van der Waals surface area contributed by atoms with E-state index >= 15 is 0 Å². The fraction of sp³-hybridized carbons (Fsp3) is 0.143. The Bertz CT molecular complexity index is 757. The number of carbonyl (C=O) groups excluding carboxylic acids is 1. The lowest BCUT2D eigenvalue weighted by molar-refractivity contribution is 0.101. The van der Waals surface area contributed by atoms with Crippen LogP contribution in [0.2, 0.25) is 0 Å². The highest BCUT2D eigenvalue weighted by atomic mass is 32.1. The second-order valence-electron chi connectivity index (χ2n) is 4.38. The van der Waals surface area contributed by atoms with Crippen LogP contribution in [0.25, 0.3) is 10.2 Å². The zero-order valence-corrected chi connectivity index (χ0v) is 11.5. The van der Waals surface area contributed by atoms with E-state index < -0.39 is 0 Å². The van der Waals surface area contributed by atoms with Crippen molar-refractivity contribution in [3.8, 4) is 0 Å². The van der Waals surface area contributed by atoms with Gasteiger partial charge in [-0.25, -0.2) is 4.98 Å². The first-order chi connectivity index (χ1) is 9.16. The van der Waals surface area contributed by atoms with E-state index in [9.17, 15) is 4.79 Å². The number of aryl methyl sites for hydroxylation is 2. The van der Waals surface area contributed by atoms with Gasteiger partial charge in [0.25, 0.3) is 5.91 Å². The minimum Gasteiger partial charge on any atom is -0.339 e. The number of rotatable bonds is 2. The Labute approximate surface area is 114 Å². The van der Waals surface area contributed by atoms with E-state index in [0.717, 1.165) is 15.8 Å². The average Bonchev–Trinajstić information content (AvgIpc) is 2.96. The van der Waals surface area contributed by atoms with Crippen molar-refractivity contribution in [1.82, 2.24) is 9.55 Å². The third-order valence-electron chi connectivity index (χ3n) is 3.14. The lowest BCUT2D eigenvalue weighted by Gasteiger charge is -2.07. The molecule has 0 atom stereocenters. The number of fused-ring (bicyclic) bond motifs is 1. The number of aromatic nitrogens is 2. The molecule has 0 radical (unpaired) electrons. The maximum absolute atomic E-state index is 12.3. The zero-order valence-electron chi connectivity index (χ0n) is 10.7. The summed E-state index contributed by atoms with van der Waals surface area (Å²) in [5.74, 6) is 0.477. The maximum Gasteiger partial charge on any atom is 0.273 e. The molecule has 5 heteroatoms. The van der Waals surface area contributed by atoms with Crippen molar-refractivity contribution < 1.29 is 4.79 Å². The first-order valence-electron chi connectivity index (χ1n) is 5.92. The van der Waals surface area contributed by atoms with E-state index in [1.807, 2.05) is 48.2 Å². The number of hydrogen-bond donors (Lipinski definition) is 1. The Hall–Kier alpha value is -2.14. The van der Waals surface area contributed by atoms with Crippen LogP contribution in [0.1, 0.15) is 16.1 Å². The van der Waals surface area contributed by atoms with Gasteiger partial charge in [-0.05, 0) is 36.1 Å². The van der Waals surface area contributed by atoms with Crippen LogP contribution in [-0.2, 0) is 7.05 Å². The number of anilines is 1. The van der Waals surface area contributed by atoms with Gasteiger partial charge in [0.1, 0.15) is 11.5 Å². The van der Waals surface area contributed by atoms with Crippen molar-refractivity contribution in [3.63, 3.8) is 0 Å². The molecule has 0 saturated heterocycles. The van der Waals surface area contributed by atoms with Crippen LogP contribution in [0.15, 0.2) is 35.8 Å². The van der Waals surface area contributed by atoms with Gasteiger partial charge in [0.15, 0.2) is 0 Å². The minimum atomic E-state index is -0.132. The molecule has 1 amide bonds. The van der Waals surface area contributed by atoms with Gasteiger partial charge in [-0.2, -0.15) is 0 Å². The van der Waals surface area contributed by atoms with Gasteiger partial charge in [0.05, 0.1) is 10.2 Å². The molecule has 0 fully saturated rings. The summed E-state index contributed by atoms with van der Waals surface area (Å²) in [7, 11) is 1.90. The summed E-state index contributed by atoms with van der Waals surface area (Å²) in [6.45, 7) is 1.92. The average molecular weight is 271 g/mol. The van der Waals surface area contributed by atoms with Crippen LogP contribution in [0, 0.1) is 6.92 Å². The lowest BCUT2D eigenvalue weighted by atomic mass is 10.3. The molecule has 4 nitrogen and oxygen atoms in total. The quantitative estimate of drug-likeness (QED) is 0.778. The SMILES string of the molecule is Cc1cccnc1NC(=O)c1cc2sccc2n1C. The highest BCUT2D eigenvalue weighted by Crippen LogP contribution is 2.24. The molecule has 96 valence electrons. The highest BCUT2D eigenvalue weighted by Gasteiger charge is 2.15. The summed E-state index contributed by atoms with van der Waals surface area (Å²) >= 11 is 1.63. The summed E-state index contributed by atoms with van der Waals surface area (Å²) in [5.41, 5.74) is 2.67. The van der Waals surface area contributed by atoms with Crippen LogP contribution < -0.4 is 5.32 Å². The van der Waals surface area contributed by atoms with E-state index in [2.05, 4.69) is 10.3 Å². The lowest BCUT2D eigenvalue weighted by Crippen LogP contribution is -2.16. The second kappa shape index (κ2) is 4.51. The van der Waals surface area contributed by atoms with Crippen molar-refractivity contribution in [2.75, 3.05) is 5.32 Å². The number of nitrogens with one attached hydrogen (secondary N) is 1. The molecule has 3 heterocycles. The molecule has 0 bridgehead atoms. The molecule has 3 aromatic rings. The molecule has 1 N–H and O–H groups in total. The number of amides is 1. The molecular formula is C14H13N3OS. The summed E-state index contributed by atoms with van der Waals surface area (Å²) in [6, 6.07) is 7.70. The van der Waals surface area contributed by atoms with Gasteiger partial charge in [0, 0.05) is 13.2 Å². The molecule has 3 rings (SSSR count). The smallest absolute Gasteiger partial charge is 0.273 e. The van der Waals surface area contributed by atoms with Gasteiger partial charge in [-0.15, -0.1) is 11.3 Å². The van der Waals surface area contributed by atoms with Crippen molar-refractivity contribution in [1.29, 1.82) is 0 Å². The highest BCUT2D eigenvalue weighted by molar-refractivity contribution is 7.17. The normalized spacial score (nSPS) is 10.8. The van der Waals surface area contributed by atoms with E-state index in [1.54, 1.807) is 17.5 Å². The predicted molar refractivity (Wildman–Crippen MR) is 77.7 cm³/mol. The Morgan fingerprint density at radius 3 is 3.00 bits per heavy atom. The van der Waals surface area contributed by atoms with Crippen molar-refractivity contribution in [2.24, 2.45) is 7.05 Å². The summed E-state index contributed by atoms with van der Waals surface area (Å²) in [6.07, 6.45) is 1.67. The molecule has 0 aliphatic rings. The zero-order chi connectivity index (χ0) is 13.4. The molecule has 0 saturated carbocycles. The summed E-state index contributed by atoms with van der Waals surface area (Å²) in [4.78, 5) is 16.5. The van der Waals surface area contributed by atoms with Gasteiger partial charge < -0.3 is 9.88 Å². The maximum atomic E-state index is 12.3.